The minimum Gasteiger partial charge on any atom is -0.490 e. The van der Waals surface area contributed by atoms with Gasteiger partial charge in [-0.3, -0.25) is 4.79 Å². The van der Waals surface area contributed by atoms with E-state index in [2.05, 4.69) is 4.98 Å². The van der Waals surface area contributed by atoms with Crippen LogP contribution in [-0.2, 0) is 0 Å². The summed E-state index contributed by atoms with van der Waals surface area (Å²) in [5, 5.41) is 0.783. The van der Waals surface area contributed by atoms with Crippen LogP contribution in [0.4, 0.5) is 0 Å². The summed E-state index contributed by atoms with van der Waals surface area (Å²) in [5.41, 5.74) is 2.00. The second-order valence-corrected chi connectivity index (χ2v) is 9.09. The van der Waals surface area contributed by atoms with Crippen molar-refractivity contribution in [1.29, 1.82) is 0 Å². The quantitative estimate of drug-likeness (QED) is 0.404. The molecule has 1 atom stereocenters. The normalized spacial score (nSPS) is 18.1. The zero-order chi connectivity index (χ0) is 21.5. The van der Waals surface area contributed by atoms with Crippen LogP contribution in [0, 0.1) is 0 Å². The van der Waals surface area contributed by atoms with Crippen LogP contribution in [0.1, 0.15) is 41.4 Å². The number of nitrogens with zero attached hydrogens (tertiary/aromatic N) is 2. The molecule has 4 aromatic rings. The van der Waals surface area contributed by atoms with E-state index in [0.717, 1.165) is 51.5 Å². The molecule has 4 heterocycles. The van der Waals surface area contributed by atoms with Gasteiger partial charge in [0.2, 0.25) is 0 Å². The van der Waals surface area contributed by atoms with Crippen molar-refractivity contribution in [3.8, 4) is 22.3 Å². The van der Waals surface area contributed by atoms with Crippen LogP contribution in [0.5, 0.6) is 11.5 Å². The molecule has 6 rings (SSSR count). The number of ether oxygens (including phenoxy) is 2. The van der Waals surface area contributed by atoms with Crippen LogP contribution in [0.25, 0.3) is 21.0 Å². The Balaban J connectivity index is 1.26. The molecule has 1 fully saturated rings. The summed E-state index contributed by atoms with van der Waals surface area (Å²) in [5.74, 6) is 2.41. The highest BCUT2D eigenvalue weighted by atomic mass is 32.1. The van der Waals surface area contributed by atoms with Crippen molar-refractivity contribution in [1.82, 2.24) is 9.88 Å². The van der Waals surface area contributed by atoms with Crippen LogP contribution >= 0.6 is 11.3 Å². The number of carbonyl (C=O) groups is 1. The lowest BCUT2D eigenvalue weighted by Crippen LogP contribution is -2.30. The Hall–Kier alpha value is -3.32. The third-order valence-corrected chi connectivity index (χ3v) is 7.04. The first-order chi connectivity index (χ1) is 15.8. The predicted molar refractivity (Wildman–Crippen MR) is 122 cm³/mol. The first kappa shape index (κ1) is 19.4. The van der Waals surface area contributed by atoms with Gasteiger partial charge in [0.05, 0.1) is 29.5 Å². The lowest BCUT2D eigenvalue weighted by molar-refractivity contribution is 0.0704. The molecule has 0 spiro atoms. The average Bonchev–Trinajstić information content (AvgIpc) is 3.55. The Morgan fingerprint density at radius 3 is 2.78 bits per heavy atom. The van der Waals surface area contributed by atoms with Crippen LogP contribution in [0.15, 0.2) is 59.0 Å². The van der Waals surface area contributed by atoms with Crippen molar-refractivity contribution >= 4 is 27.5 Å². The van der Waals surface area contributed by atoms with E-state index in [1.807, 2.05) is 53.4 Å². The maximum absolute atomic E-state index is 13.4. The van der Waals surface area contributed by atoms with E-state index in [-0.39, 0.29) is 11.9 Å². The molecule has 0 bridgehead atoms. The monoisotopic (exact) mass is 446 g/mol. The number of para-hydroxylation sites is 1. The lowest BCUT2D eigenvalue weighted by atomic mass is 10.0. The number of amides is 1. The summed E-state index contributed by atoms with van der Waals surface area (Å²) in [6, 6.07) is 17.6. The number of fused-ring (bicyclic) bond motifs is 2. The minimum absolute atomic E-state index is 0.00402. The summed E-state index contributed by atoms with van der Waals surface area (Å²) in [4.78, 5) is 19.9. The van der Waals surface area contributed by atoms with Gasteiger partial charge in [-0.2, -0.15) is 0 Å². The van der Waals surface area contributed by atoms with Crippen molar-refractivity contribution in [3.05, 3.63) is 65.9 Å². The molecular formula is C25H22N2O4S. The fourth-order valence-corrected chi connectivity index (χ4v) is 5.36. The van der Waals surface area contributed by atoms with E-state index in [9.17, 15) is 4.79 Å². The van der Waals surface area contributed by atoms with Crippen molar-refractivity contribution in [3.63, 3.8) is 0 Å². The molecule has 32 heavy (non-hydrogen) atoms. The smallest absolute Gasteiger partial charge is 0.290 e. The second-order valence-electron chi connectivity index (χ2n) is 8.06. The average molecular weight is 447 g/mol. The Morgan fingerprint density at radius 1 is 1.00 bits per heavy atom. The van der Waals surface area contributed by atoms with E-state index < -0.39 is 0 Å². The number of thiazole rings is 1. The van der Waals surface area contributed by atoms with E-state index >= 15 is 0 Å². The third-order valence-electron chi connectivity index (χ3n) is 5.99. The van der Waals surface area contributed by atoms with E-state index in [1.165, 1.54) is 0 Å². The Kier molecular flexibility index (Phi) is 4.83. The number of hydrogen-bond donors (Lipinski definition) is 0. The van der Waals surface area contributed by atoms with Gasteiger partial charge in [-0.05, 0) is 54.8 Å². The molecule has 0 N–H and O–H groups in total. The third kappa shape index (κ3) is 3.42. The molecule has 0 aliphatic carbocycles. The van der Waals surface area contributed by atoms with Gasteiger partial charge in [-0.15, -0.1) is 11.3 Å². The number of rotatable bonds is 3. The molecule has 0 saturated carbocycles. The molecule has 2 aliphatic rings. The molecule has 2 aliphatic heterocycles. The highest BCUT2D eigenvalue weighted by Gasteiger charge is 2.33. The van der Waals surface area contributed by atoms with Gasteiger partial charge < -0.3 is 18.8 Å². The maximum atomic E-state index is 13.4. The molecule has 0 radical (unpaired) electrons. The fourth-order valence-electron chi connectivity index (χ4n) is 4.43. The van der Waals surface area contributed by atoms with E-state index in [4.69, 9.17) is 13.9 Å². The van der Waals surface area contributed by atoms with E-state index in [0.29, 0.717) is 31.3 Å². The number of benzene rings is 2. The molecule has 162 valence electrons. The molecule has 7 heteroatoms. The van der Waals surface area contributed by atoms with Gasteiger partial charge in [-0.1, -0.05) is 18.2 Å². The summed E-state index contributed by atoms with van der Waals surface area (Å²) in [6.07, 6.45) is 2.74. The van der Waals surface area contributed by atoms with Gasteiger partial charge in [-0.25, -0.2) is 4.98 Å². The molecule has 6 nitrogen and oxygen atoms in total. The van der Waals surface area contributed by atoms with E-state index in [1.54, 1.807) is 17.4 Å². The van der Waals surface area contributed by atoms with Crippen LogP contribution < -0.4 is 9.47 Å². The predicted octanol–water partition coefficient (Wildman–Crippen LogP) is 5.69. The van der Waals surface area contributed by atoms with Gasteiger partial charge in [0.15, 0.2) is 28.0 Å². The topological polar surface area (TPSA) is 64.8 Å². The highest BCUT2D eigenvalue weighted by molar-refractivity contribution is 7.21. The first-order valence-corrected chi connectivity index (χ1v) is 11.7. The van der Waals surface area contributed by atoms with Crippen LogP contribution in [-0.4, -0.2) is 35.5 Å². The summed E-state index contributed by atoms with van der Waals surface area (Å²) >= 11 is 1.56. The number of likely N-dealkylation sites (tertiary alicyclic amines) is 1. The summed E-state index contributed by atoms with van der Waals surface area (Å²) in [7, 11) is 0. The fraction of sp³-hybridized carbons (Fsp3) is 0.280. The Bertz CT molecular complexity index is 1260. The largest absolute Gasteiger partial charge is 0.490 e. The molecule has 1 amide bonds. The molecule has 1 saturated heterocycles. The minimum atomic E-state index is -0.0908. The first-order valence-electron chi connectivity index (χ1n) is 10.9. The Morgan fingerprint density at radius 2 is 1.88 bits per heavy atom. The van der Waals surface area contributed by atoms with Crippen molar-refractivity contribution in [2.45, 2.75) is 25.3 Å². The maximum Gasteiger partial charge on any atom is 0.290 e. The molecular weight excluding hydrogens is 424 g/mol. The van der Waals surface area contributed by atoms with Gasteiger partial charge in [0, 0.05) is 13.0 Å². The zero-order valence-electron chi connectivity index (χ0n) is 17.5. The van der Waals surface area contributed by atoms with Gasteiger partial charge in [0.25, 0.3) is 5.91 Å². The number of hydrogen-bond acceptors (Lipinski definition) is 6. The molecule has 2 aromatic carbocycles. The number of aromatic nitrogens is 1. The van der Waals surface area contributed by atoms with Crippen molar-refractivity contribution in [2.24, 2.45) is 0 Å². The van der Waals surface area contributed by atoms with Gasteiger partial charge in [0.1, 0.15) is 0 Å². The van der Waals surface area contributed by atoms with Crippen molar-refractivity contribution < 1.29 is 18.7 Å². The number of carbonyl (C=O) groups excluding carboxylic acids is 1. The Labute approximate surface area is 189 Å². The molecule has 2 aromatic heterocycles. The van der Waals surface area contributed by atoms with Crippen LogP contribution in [0.3, 0.4) is 0 Å². The van der Waals surface area contributed by atoms with Crippen LogP contribution in [0.2, 0.25) is 0 Å². The summed E-state index contributed by atoms with van der Waals surface area (Å²) in [6.45, 7) is 2.01. The lowest BCUT2D eigenvalue weighted by Gasteiger charge is -2.24. The number of furan rings is 1. The standard InChI is InChI=1S/C25H22N2O4S/c28-25(21-11-10-20(31-21)24-26-17-5-1-2-7-23(17)32-24)27-12-3-6-18(27)16-8-9-19-22(15-16)30-14-4-13-29-19/h1-2,5,7-11,15,18H,3-4,6,12-14H2/t18-/m0/s1. The highest BCUT2D eigenvalue weighted by Crippen LogP contribution is 2.39. The molecule has 0 unspecified atom stereocenters. The SMILES string of the molecule is O=C(c1ccc(-c2nc3ccccc3s2)o1)N1CCC[C@H]1c1ccc2c(c1)OCCCO2. The summed E-state index contributed by atoms with van der Waals surface area (Å²) < 4.78 is 18.7. The second kappa shape index (κ2) is 7.98. The zero-order valence-corrected chi connectivity index (χ0v) is 18.3. The van der Waals surface area contributed by atoms with Gasteiger partial charge >= 0.3 is 0 Å². The van der Waals surface area contributed by atoms with Crippen molar-refractivity contribution in [2.75, 3.05) is 19.8 Å².